The molecule has 1 aliphatic rings. The molecule has 1 aliphatic carbocycles. The molecule has 4 N–H and O–H groups in total. The third kappa shape index (κ3) is 5.93. The van der Waals surface area contributed by atoms with Crippen LogP contribution in [0.15, 0.2) is 34.3 Å². The lowest BCUT2D eigenvalue weighted by atomic mass is 9.95. The molecule has 0 fully saturated rings. The Kier molecular flexibility index (Phi) is 9.29. The van der Waals surface area contributed by atoms with Gasteiger partial charge in [-0.15, -0.1) is 4.91 Å². The molecule has 0 aliphatic heterocycles. The fraction of sp³-hybridized carbons (Fsp3) is 0.462. The molecule has 11 nitrogen and oxygen atoms in total. The molecule has 2 atom stereocenters. The summed E-state index contributed by atoms with van der Waals surface area (Å²) in [6, 6.07) is 5.64. The number of ether oxygens (including phenoxy) is 3. The van der Waals surface area contributed by atoms with E-state index in [-0.39, 0.29) is 5.43 Å². The Bertz CT molecular complexity index is 1200. The van der Waals surface area contributed by atoms with Crippen molar-refractivity contribution in [2.45, 2.75) is 44.2 Å². The number of fused-ring (bicyclic) bond motifs is 3. The topological polar surface area (TPSA) is 153 Å². The Balaban J connectivity index is 2.07. The van der Waals surface area contributed by atoms with E-state index in [2.05, 4.69) is 10.6 Å². The molecule has 0 radical (unpaired) electrons. The van der Waals surface area contributed by atoms with Gasteiger partial charge < -0.3 is 30.4 Å². The quantitative estimate of drug-likeness (QED) is 0.218. The maximum atomic E-state index is 13.2. The third-order valence-electron chi connectivity index (χ3n) is 6.66. The molecule has 0 saturated carbocycles. The highest BCUT2D eigenvalue weighted by atomic mass is 16.5. The van der Waals surface area contributed by atoms with Gasteiger partial charge in [-0.05, 0) is 67.0 Å². The lowest BCUT2D eigenvalue weighted by Gasteiger charge is -2.22. The number of nitrogens with zero attached hydrogens (tertiary/aromatic N) is 2. The second kappa shape index (κ2) is 12.4. The van der Waals surface area contributed by atoms with Crippen LogP contribution in [0, 0.1) is 4.91 Å². The number of benzene rings is 1. The Hall–Kier alpha value is -3.86. The van der Waals surface area contributed by atoms with Crippen LogP contribution in [0.2, 0.25) is 0 Å². The minimum absolute atomic E-state index is 0.240. The molecule has 200 valence electrons. The lowest BCUT2D eigenvalue weighted by Crippen LogP contribution is -2.29. The summed E-state index contributed by atoms with van der Waals surface area (Å²) in [4.78, 5) is 35.7. The van der Waals surface area contributed by atoms with Crippen LogP contribution in [0.5, 0.6) is 17.2 Å². The predicted molar refractivity (Wildman–Crippen MR) is 140 cm³/mol. The molecule has 0 spiro atoms. The SMILES string of the molecule is COc1cc2c(c(OC)c1OC)-c1ccc(NCCCC[C@H](N)C(=O)O)c(=O)cc1[C@@H](N(C)N=O)CC2. The predicted octanol–water partition coefficient (Wildman–Crippen LogP) is 3.33. The van der Waals surface area contributed by atoms with Crippen LogP contribution in [0.3, 0.4) is 0 Å². The first-order valence-corrected chi connectivity index (χ1v) is 12.1. The summed E-state index contributed by atoms with van der Waals surface area (Å²) in [5.41, 5.74) is 8.77. The summed E-state index contributed by atoms with van der Waals surface area (Å²) in [5.74, 6) is 0.403. The fourth-order valence-electron chi connectivity index (χ4n) is 4.72. The van der Waals surface area contributed by atoms with Gasteiger partial charge in [-0.3, -0.25) is 14.6 Å². The van der Waals surface area contributed by atoms with E-state index in [0.717, 1.165) is 16.7 Å². The summed E-state index contributed by atoms with van der Waals surface area (Å²) in [7, 11) is 6.22. The first-order chi connectivity index (χ1) is 17.8. The van der Waals surface area contributed by atoms with Crippen molar-refractivity contribution in [3.8, 4) is 28.4 Å². The molecule has 0 unspecified atom stereocenters. The molecule has 0 aromatic heterocycles. The van der Waals surface area contributed by atoms with Gasteiger partial charge in [-0.2, -0.15) is 0 Å². The van der Waals surface area contributed by atoms with Gasteiger partial charge in [0.15, 0.2) is 11.5 Å². The summed E-state index contributed by atoms with van der Waals surface area (Å²) in [5, 5.41) is 16.5. The van der Waals surface area contributed by atoms with E-state index < -0.39 is 18.1 Å². The Morgan fingerprint density at radius 3 is 2.54 bits per heavy atom. The highest BCUT2D eigenvalue weighted by Gasteiger charge is 2.31. The second-order valence-electron chi connectivity index (χ2n) is 8.88. The van der Waals surface area contributed by atoms with Gasteiger partial charge in [0.25, 0.3) is 0 Å². The number of anilines is 1. The van der Waals surface area contributed by atoms with Gasteiger partial charge in [-0.25, -0.2) is 0 Å². The number of rotatable bonds is 12. The van der Waals surface area contributed by atoms with Crippen LogP contribution in [-0.4, -0.2) is 57.0 Å². The van der Waals surface area contributed by atoms with Gasteiger partial charge in [0.1, 0.15) is 6.04 Å². The van der Waals surface area contributed by atoms with Crippen molar-refractivity contribution in [2.24, 2.45) is 11.0 Å². The van der Waals surface area contributed by atoms with Crippen molar-refractivity contribution in [2.75, 3.05) is 40.2 Å². The van der Waals surface area contributed by atoms with Crippen LogP contribution in [-0.2, 0) is 11.2 Å². The van der Waals surface area contributed by atoms with E-state index in [9.17, 15) is 14.5 Å². The smallest absolute Gasteiger partial charge is 0.320 e. The lowest BCUT2D eigenvalue weighted by molar-refractivity contribution is -0.138. The number of unbranched alkanes of at least 4 members (excludes halogenated alkanes) is 1. The number of aryl methyl sites for hydroxylation is 1. The number of hydrogen-bond donors (Lipinski definition) is 3. The van der Waals surface area contributed by atoms with Crippen LogP contribution >= 0.6 is 0 Å². The zero-order valence-corrected chi connectivity index (χ0v) is 21.6. The summed E-state index contributed by atoms with van der Waals surface area (Å²) in [6.07, 6.45) is 2.73. The van der Waals surface area contributed by atoms with Crippen molar-refractivity contribution in [1.82, 2.24) is 5.01 Å². The van der Waals surface area contributed by atoms with E-state index in [1.54, 1.807) is 27.3 Å². The number of nitrogens with two attached hydrogens (primary N) is 1. The van der Waals surface area contributed by atoms with Crippen LogP contribution < -0.4 is 30.7 Å². The molecule has 0 amide bonds. The maximum Gasteiger partial charge on any atom is 0.320 e. The van der Waals surface area contributed by atoms with Crippen molar-refractivity contribution in [3.63, 3.8) is 0 Å². The number of carboxylic acids is 1. The van der Waals surface area contributed by atoms with Crippen LogP contribution in [0.4, 0.5) is 5.69 Å². The van der Waals surface area contributed by atoms with Gasteiger partial charge in [-0.1, -0.05) is 6.07 Å². The van der Waals surface area contributed by atoms with E-state index >= 15 is 0 Å². The first-order valence-electron chi connectivity index (χ1n) is 12.1. The molecule has 0 bridgehead atoms. The number of carbonyl (C=O) groups is 1. The van der Waals surface area contributed by atoms with E-state index in [1.165, 1.54) is 18.2 Å². The number of methoxy groups -OCH3 is 3. The van der Waals surface area contributed by atoms with Gasteiger partial charge >= 0.3 is 5.97 Å². The number of carboxylic acid groups (broad SMARTS) is 1. The molecule has 37 heavy (non-hydrogen) atoms. The largest absolute Gasteiger partial charge is 0.493 e. The Morgan fingerprint density at radius 2 is 1.92 bits per heavy atom. The number of aliphatic carboxylic acids is 1. The summed E-state index contributed by atoms with van der Waals surface area (Å²) < 4.78 is 16.9. The molecule has 3 rings (SSSR count). The molecule has 0 heterocycles. The van der Waals surface area contributed by atoms with E-state index in [1.807, 2.05) is 12.1 Å². The monoisotopic (exact) mass is 514 g/mol. The van der Waals surface area contributed by atoms with Crippen molar-refractivity contribution in [3.05, 3.63) is 50.5 Å². The van der Waals surface area contributed by atoms with Gasteiger partial charge in [0, 0.05) is 19.2 Å². The average Bonchev–Trinajstić information content (AvgIpc) is 3.14. The molecule has 0 saturated heterocycles. The maximum absolute atomic E-state index is 13.2. The zero-order chi connectivity index (χ0) is 27.1. The standard InChI is InChI=1S/C26H34N4O7/c1-30(29-34)20-11-8-15-13-22(35-2)24(36-3)25(37-4)23(15)16-9-10-19(21(31)14-17(16)20)28-12-6-5-7-18(27)26(32)33/h9-10,13-14,18,20H,5-8,11-12,27H2,1-4H3,(H,28,31)(H,32,33)/t18-,20-/m0/s1. The van der Waals surface area contributed by atoms with Crippen molar-refractivity contribution < 1.29 is 24.1 Å². The summed E-state index contributed by atoms with van der Waals surface area (Å²) >= 11 is 0. The van der Waals surface area contributed by atoms with Crippen LogP contribution in [0.1, 0.15) is 42.9 Å². The minimum atomic E-state index is -1.03. The highest BCUT2D eigenvalue weighted by Crippen LogP contribution is 2.50. The Labute approximate surface area is 215 Å². The molecule has 2 aromatic carbocycles. The van der Waals surface area contributed by atoms with E-state index in [4.69, 9.17) is 25.1 Å². The van der Waals surface area contributed by atoms with Gasteiger partial charge in [0.2, 0.25) is 11.2 Å². The zero-order valence-electron chi connectivity index (χ0n) is 21.6. The van der Waals surface area contributed by atoms with E-state index in [0.29, 0.717) is 67.1 Å². The molecule has 2 aromatic rings. The number of nitrogens with one attached hydrogen (secondary N) is 1. The van der Waals surface area contributed by atoms with Gasteiger partial charge in [0.05, 0.1) is 38.3 Å². The second-order valence-corrected chi connectivity index (χ2v) is 8.88. The third-order valence-corrected chi connectivity index (χ3v) is 6.66. The molecule has 11 heteroatoms. The molecular formula is C26H34N4O7. The summed E-state index contributed by atoms with van der Waals surface area (Å²) in [6.45, 7) is 0.473. The van der Waals surface area contributed by atoms with Crippen molar-refractivity contribution >= 4 is 11.7 Å². The van der Waals surface area contributed by atoms with Crippen molar-refractivity contribution in [1.29, 1.82) is 0 Å². The minimum Gasteiger partial charge on any atom is -0.493 e. The first kappa shape index (κ1) is 27.7. The Morgan fingerprint density at radius 1 is 1.19 bits per heavy atom. The average molecular weight is 515 g/mol. The number of hydrogen-bond acceptors (Lipinski definition) is 9. The normalized spacial score (nSPS) is 14.9. The molecular weight excluding hydrogens is 480 g/mol. The fourth-order valence-corrected chi connectivity index (χ4v) is 4.72. The van der Waals surface area contributed by atoms with Crippen LogP contribution in [0.25, 0.3) is 11.1 Å². The number of nitroso groups, excluding NO2 is 1. The highest BCUT2D eigenvalue weighted by molar-refractivity contribution is 5.83.